The number of aromatic nitrogens is 1. The molecule has 0 aliphatic carbocycles. The monoisotopic (exact) mass is 632 g/mol. The highest BCUT2D eigenvalue weighted by atomic mass is 16.7. The van der Waals surface area contributed by atoms with Crippen LogP contribution in [0.4, 0.5) is 0 Å². The van der Waals surface area contributed by atoms with E-state index in [1.165, 1.54) is 11.1 Å². The van der Waals surface area contributed by atoms with Crippen molar-refractivity contribution in [2.75, 3.05) is 0 Å². The first-order valence-corrected chi connectivity index (χ1v) is 16.9. The van der Waals surface area contributed by atoms with E-state index in [2.05, 4.69) is 194 Å². The average Bonchev–Trinajstić information content (AvgIpc) is 3.49. The van der Waals surface area contributed by atoms with Gasteiger partial charge >= 0.3 is 0 Å². The molecule has 2 unspecified atom stereocenters. The number of fused-ring (bicyclic) bond motifs is 1. The highest BCUT2D eigenvalue weighted by molar-refractivity contribution is 6.04. The van der Waals surface area contributed by atoms with Crippen molar-refractivity contribution in [3.05, 3.63) is 203 Å². The molecule has 9 rings (SSSR count). The van der Waals surface area contributed by atoms with Crippen LogP contribution in [0, 0.1) is 13.8 Å². The largest absolute Gasteiger partial charge is 0.355 e. The Labute approximate surface area is 287 Å². The number of hydrogen-bond acceptors (Lipinski definition) is 2. The standard InChI is InChI=1S/C46H36N2O/c1-31-23-27-34(28-24-31)40-39(33-15-7-3-8-16-33)42(36-19-11-5-12-20-36)47-44(40)45-41(35-17-9-4-10-18-35)43(37-21-13-6-14-22-37)48-46(45,49-45)38-29-25-32(2)26-30-38/h3-30,47-48H,1-2H3. The highest BCUT2D eigenvalue weighted by Gasteiger charge is 2.80. The Kier molecular flexibility index (Phi) is 6.79. The summed E-state index contributed by atoms with van der Waals surface area (Å²) in [6.45, 7) is 4.27. The van der Waals surface area contributed by atoms with Crippen molar-refractivity contribution in [3.8, 4) is 33.5 Å². The zero-order valence-corrected chi connectivity index (χ0v) is 27.6. The lowest BCUT2D eigenvalue weighted by molar-refractivity contribution is 0.260. The smallest absolute Gasteiger partial charge is 0.206 e. The molecule has 2 atom stereocenters. The van der Waals surface area contributed by atoms with Crippen LogP contribution >= 0.6 is 0 Å². The fourth-order valence-electron chi connectivity index (χ4n) is 7.70. The van der Waals surface area contributed by atoms with Gasteiger partial charge in [0.2, 0.25) is 5.72 Å². The maximum absolute atomic E-state index is 7.38. The van der Waals surface area contributed by atoms with Gasteiger partial charge in [-0.05, 0) is 41.7 Å². The van der Waals surface area contributed by atoms with E-state index in [0.29, 0.717) is 0 Å². The van der Waals surface area contributed by atoms with Crippen molar-refractivity contribution >= 4 is 11.3 Å². The second-order valence-corrected chi connectivity index (χ2v) is 13.2. The SMILES string of the molecule is Cc1ccc(-c2c(C34OC3(c3ccc(C)cc3)NC(c3ccccc3)=C4c3ccccc3)[nH]c(-c3ccccc3)c2-c2ccccc2)cc1. The summed E-state index contributed by atoms with van der Waals surface area (Å²) < 4.78 is 7.38. The Morgan fingerprint density at radius 1 is 0.449 bits per heavy atom. The molecule has 1 saturated heterocycles. The molecule has 236 valence electrons. The first kappa shape index (κ1) is 29.3. The molecule has 7 aromatic rings. The van der Waals surface area contributed by atoms with E-state index in [1.807, 2.05) is 0 Å². The summed E-state index contributed by atoms with van der Waals surface area (Å²) in [4.78, 5) is 4.08. The van der Waals surface area contributed by atoms with E-state index in [-0.39, 0.29) is 0 Å². The fraction of sp³-hybridized carbons (Fsp3) is 0.0870. The number of rotatable bonds is 7. The summed E-state index contributed by atoms with van der Waals surface area (Å²) in [5, 5.41) is 4.01. The maximum atomic E-state index is 7.38. The molecule has 2 aliphatic heterocycles. The zero-order chi connectivity index (χ0) is 33.0. The molecule has 0 amide bonds. The average molecular weight is 633 g/mol. The van der Waals surface area contributed by atoms with Crippen molar-refractivity contribution in [2.45, 2.75) is 25.2 Å². The molecule has 0 radical (unpaired) electrons. The molecular weight excluding hydrogens is 597 g/mol. The first-order valence-electron chi connectivity index (χ1n) is 16.9. The summed E-state index contributed by atoms with van der Waals surface area (Å²) in [5.41, 5.74) is 14.0. The lowest BCUT2D eigenvalue weighted by atomic mass is 9.79. The van der Waals surface area contributed by atoms with Gasteiger partial charge in [-0.3, -0.25) is 0 Å². The molecule has 3 heteroatoms. The van der Waals surface area contributed by atoms with Gasteiger partial charge in [-0.1, -0.05) is 181 Å². The lowest BCUT2D eigenvalue weighted by Crippen LogP contribution is -2.30. The van der Waals surface area contributed by atoms with E-state index in [4.69, 9.17) is 4.74 Å². The van der Waals surface area contributed by atoms with Gasteiger partial charge < -0.3 is 15.0 Å². The molecule has 49 heavy (non-hydrogen) atoms. The summed E-state index contributed by atoms with van der Waals surface area (Å²) in [7, 11) is 0. The lowest BCUT2D eigenvalue weighted by Gasteiger charge is -2.19. The normalized spacial score (nSPS) is 19.4. The van der Waals surface area contributed by atoms with Gasteiger partial charge in [-0.25, -0.2) is 0 Å². The minimum Gasteiger partial charge on any atom is -0.355 e. The second-order valence-electron chi connectivity index (χ2n) is 13.2. The summed E-state index contributed by atoms with van der Waals surface area (Å²) >= 11 is 0. The molecule has 1 aromatic heterocycles. The van der Waals surface area contributed by atoms with Gasteiger partial charge in [-0.2, -0.15) is 0 Å². The molecule has 3 nitrogen and oxygen atoms in total. The van der Waals surface area contributed by atoms with Crippen molar-refractivity contribution in [1.29, 1.82) is 0 Å². The Bertz CT molecular complexity index is 2310. The van der Waals surface area contributed by atoms with Crippen molar-refractivity contribution in [3.63, 3.8) is 0 Å². The second kappa shape index (κ2) is 11.4. The van der Waals surface area contributed by atoms with Gasteiger partial charge in [-0.15, -0.1) is 0 Å². The summed E-state index contributed by atoms with van der Waals surface area (Å²) in [6, 6.07) is 60.5. The van der Waals surface area contributed by atoms with Crippen LogP contribution in [0.3, 0.4) is 0 Å². The predicted molar refractivity (Wildman–Crippen MR) is 200 cm³/mol. The number of hydrogen-bond donors (Lipinski definition) is 2. The van der Waals surface area contributed by atoms with Crippen LogP contribution in [0.15, 0.2) is 170 Å². The topological polar surface area (TPSA) is 40.3 Å². The van der Waals surface area contributed by atoms with Crippen LogP contribution < -0.4 is 5.32 Å². The molecule has 2 N–H and O–H groups in total. The molecule has 0 saturated carbocycles. The molecule has 6 aromatic carbocycles. The van der Waals surface area contributed by atoms with Crippen molar-refractivity contribution < 1.29 is 4.74 Å². The third-order valence-corrected chi connectivity index (χ3v) is 10.1. The Morgan fingerprint density at radius 2 is 0.918 bits per heavy atom. The van der Waals surface area contributed by atoms with Crippen molar-refractivity contribution in [2.24, 2.45) is 0 Å². The van der Waals surface area contributed by atoms with Crippen molar-refractivity contribution in [1.82, 2.24) is 10.3 Å². The van der Waals surface area contributed by atoms with E-state index in [0.717, 1.165) is 67.2 Å². The summed E-state index contributed by atoms with van der Waals surface area (Å²) in [6.07, 6.45) is 0. The number of aryl methyl sites for hydroxylation is 2. The van der Waals surface area contributed by atoms with E-state index < -0.39 is 11.3 Å². The van der Waals surface area contributed by atoms with Gasteiger partial charge in [0.1, 0.15) is 0 Å². The van der Waals surface area contributed by atoms with E-state index in [1.54, 1.807) is 0 Å². The van der Waals surface area contributed by atoms with Crippen LogP contribution in [-0.2, 0) is 16.1 Å². The number of H-pyrrole nitrogens is 1. The third kappa shape index (κ3) is 4.54. The van der Waals surface area contributed by atoms with E-state index in [9.17, 15) is 0 Å². The maximum Gasteiger partial charge on any atom is 0.206 e. The number of aromatic amines is 1. The quantitative estimate of drug-likeness (QED) is 0.172. The molecule has 3 heterocycles. The predicted octanol–water partition coefficient (Wildman–Crippen LogP) is 10.9. The van der Waals surface area contributed by atoms with E-state index >= 15 is 0 Å². The molecule has 2 aliphatic rings. The van der Waals surface area contributed by atoms with Crippen LogP contribution in [0.5, 0.6) is 0 Å². The Balaban J connectivity index is 1.43. The van der Waals surface area contributed by atoms with Gasteiger partial charge in [0.05, 0.1) is 17.1 Å². The number of benzene rings is 6. The highest BCUT2D eigenvalue weighted by Crippen LogP contribution is 2.73. The first-order chi connectivity index (χ1) is 24.1. The van der Waals surface area contributed by atoms with Gasteiger partial charge in [0.15, 0.2) is 5.60 Å². The Hall–Kier alpha value is -5.90. The van der Waals surface area contributed by atoms with Crippen LogP contribution in [-0.4, -0.2) is 4.98 Å². The number of ether oxygens (including phenoxy) is 1. The fourth-order valence-corrected chi connectivity index (χ4v) is 7.70. The molecule has 1 fully saturated rings. The molecular formula is C46H36N2O. The van der Waals surface area contributed by atoms with Crippen LogP contribution in [0.1, 0.15) is 33.5 Å². The number of epoxide rings is 1. The molecule has 0 spiro atoms. The minimum atomic E-state index is -0.883. The summed E-state index contributed by atoms with van der Waals surface area (Å²) in [5.74, 6) is 0. The molecule has 0 bridgehead atoms. The van der Waals surface area contributed by atoms with Gasteiger partial charge in [0.25, 0.3) is 0 Å². The third-order valence-electron chi connectivity index (χ3n) is 10.1. The van der Waals surface area contributed by atoms with Crippen LogP contribution in [0.2, 0.25) is 0 Å². The van der Waals surface area contributed by atoms with Gasteiger partial charge in [0, 0.05) is 22.3 Å². The van der Waals surface area contributed by atoms with Crippen LogP contribution in [0.25, 0.3) is 44.8 Å². The zero-order valence-electron chi connectivity index (χ0n) is 27.6. The Morgan fingerprint density at radius 3 is 1.49 bits per heavy atom. The minimum absolute atomic E-state index is 0.844. The number of nitrogens with one attached hydrogen (secondary N) is 2.